The minimum atomic E-state index is -0.315. The Labute approximate surface area is 145 Å². The van der Waals surface area contributed by atoms with E-state index >= 15 is 0 Å². The molecule has 3 rings (SSSR count). The maximum Gasteiger partial charge on any atom is 0.319 e. The van der Waals surface area contributed by atoms with E-state index in [1.54, 1.807) is 37.7 Å². The number of hydrogen-bond donors (Lipinski definition) is 2. The molecule has 0 saturated carbocycles. The number of nitrogens with zero attached hydrogens (tertiary/aromatic N) is 2. The van der Waals surface area contributed by atoms with Crippen LogP contribution in [0.1, 0.15) is 31.3 Å². The highest BCUT2D eigenvalue weighted by atomic mass is 16.5. The molecule has 3 aromatic rings. The van der Waals surface area contributed by atoms with E-state index in [9.17, 15) is 4.79 Å². The fourth-order valence-corrected chi connectivity index (χ4v) is 2.56. The summed E-state index contributed by atoms with van der Waals surface area (Å²) < 4.78 is 10.8. The van der Waals surface area contributed by atoms with E-state index in [-0.39, 0.29) is 12.1 Å². The summed E-state index contributed by atoms with van der Waals surface area (Å²) in [6.45, 7) is 3.86. The van der Waals surface area contributed by atoms with Gasteiger partial charge >= 0.3 is 6.03 Å². The van der Waals surface area contributed by atoms with Crippen molar-refractivity contribution < 1.29 is 13.9 Å². The molecule has 130 valence electrons. The molecule has 1 aromatic carbocycles. The van der Waals surface area contributed by atoms with Crippen molar-refractivity contribution in [3.05, 3.63) is 48.1 Å². The fraction of sp³-hybridized carbons (Fsp3) is 0.278. The second kappa shape index (κ2) is 7.21. The Hall–Kier alpha value is -3.09. The van der Waals surface area contributed by atoms with Crippen LogP contribution in [0.5, 0.6) is 5.75 Å². The van der Waals surface area contributed by atoms with Crippen LogP contribution in [0, 0.1) is 0 Å². The number of rotatable bonds is 5. The summed E-state index contributed by atoms with van der Waals surface area (Å²) >= 11 is 0. The SMILES string of the molecule is CCc1nc2cc(NC(=O)N[C@H](C)c3ccncc3OC)ccc2o1. The Kier molecular flexibility index (Phi) is 4.83. The highest BCUT2D eigenvalue weighted by Gasteiger charge is 2.14. The normalized spacial score (nSPS) is 12.0. The van der Waals surface area contributed by atoms with Crippen molar-refractivity contribution in [3.63, 3.8) is 0 Å². The summed E-state index contributed by atoms with van der Waals surface area (Å²) in [5, 5.41) is 5.69. The van der Waals surface area contributed by atoms with Gasteiger partial charge in [0.2, 0.25) is 0 Å². The Balaban J connectivity index is 1.69. The number of ether oxygens (including phenoxy) is 1. The molecule has 0 unspecified atom stereocenters. The van der Waals surface area contributed by atoms with Gasteiger partial charge in [-0.3, -0.25) is 4.98 Å². The lowest BCUT2D eigenvalue weighted by Gasteiger charge is -2.17. The molecule has 0 bridgehead atoms. The van der Waals surface area contributed by atoms with E-state index in [0.717, 1.165) is 17.5 Å². The van der Waals surface area contributed by atoms with E-state index < -0.39 is 0 Å². The van der Waals surface area contributed by atoms with Crippen LogP contribution in [0.4, 0.5) is 10.5 Å². The number of anilines is 1. The number of fused-ring (bicyclic) bond motifs is 1. The molecule has 2 N–H and O–H groups in total. The number of urea groups is 1. The molecule has 0 aliphatic rings. The zero-order chi connectivity index (χ0) is 17.8. The third-order valence-corrected chi connectivity index (χ3v) is 3.84. The number of amides is 2. The van der Waals surface area contributed by atoms with E-state index in [1.165, 1.54) is 0 Å². The number of oxazole rings is 1. The molecule has 7 nitrogen and oxygen atoms in total. The first kappa shape index (κ1) is 16.8. The van der Waals surface area contributed by atoms with Crippen LogP contribution < -0.4 is 15.4 Å². The van der Waals surface area contributed by atoms with Crippen LogP contribution in [0.15, 0.2) is 41.1 Å². The highest BCUT2D eigenvalue weighted by molar-refractivity contribution is 5.91. The van der Waals surface area contributed by atoms with Crippen LogP contribution in [0.2, 0.25) is 0 Å². The minimum Gasteiger partial charge on any atom is -0.495 e. The molecule has 0 aliphatic carbocycles. The van der Waals surface area contributed by atoms with Crippen LogP contribution in [0.25, 0.3) is 11.1 Å². The Morgan fingerprint density at radius 3 is 2.96 bits per heavy atom. The number of carbonyl (C=O) groups excluding carboxylic acids is 1. The largest absolute Gasteiger partial charge is 0.495 e. The number of nitrogens with one attached hydrogen (secondary N) is 2. The average molecular weight is 340 g/mol. The van der Waals surface area contributed by atoms with Crippen molar-refractivity contribution in [2.24, 2.45) is 0 Å². The van der Waals surface area contributed by atoms with Gasteiger partial charge in [-0.15, -0.1) is 0 Å². The average Bonchev–Trinajstić information content (AvgIpc) is 3.04. The van der Waals surface area contributed by atoms with Crippen molar-refractivity contribution in [3.8, 4) is 5.75 Å². The highest BCUT2D eigenvalue weighted by Crippen LogP contribution is 2.24. The first-order valence-electron chi connectivity index (χ1n) is 8.05. The molecule has 1 atom stereocenters. The van der Waals surface area contributed by atoms with Gasteiger partial charge in [0.15, 0.2) is 11.5 Å². The van der Waals surface area contributed by atoms with Gasteiger partial charge in [-0.25, -0.2) is 9.78 Å². The number of hydrogen-bond acceptors (Lipinski definition) is 5. The molecule has 2 heterocycles. The summed E-state index contributed by atoms with van der Waals surface area (Å²) in [5.74, 6) is 1.31. The smallest absolute Gasteiger partial charge is 0.319 e. The zero-order valence-electron chi connectivity index (χ0n) is 14.4. The quantitative estimate of drug-likeness (QED) is 0.739. The summed E-state index contributed by atoms with van der Waals surface area (Å²) in [4.78, 5) is 20.7. The lowest BCUT2D eigenvalue weighted by atomic mass is 10.1. The van der Waals surface area contributed by atoms with Crippen molar-refractivity contribution in [1.82, 2.24) is 15.3 Å². The second-order valence-corrected chi connectivity index (χ2v) is 5.58. The van der Waals surface area contributed by atoms with Gasteiger partial charge in [0.25, 0.3) is 0 Å². The number of aryl methyl sites for hydroxylation is 1. The van der Waals surface area contributed by atoms with Gasteiger partial charge in [-0.2, -0.15) is 0 Å². The summed E-state index contributed by atoms with van der Waals surface area (Å²) in [6.07, 6.45) is 4.01. The van der Waals surface area contributed by atoms with Crippen LogP contribution >= 0.6 is 0 Å². The van der Waals surface area contributed by atoms with Gasteiger partial charge in [-0.1, -0.05) is 6.92 Å². The zero-order valence-corrected chi connectivity index (χ0v) is 14.4. The van der Waals surface area contributed by atoms with Crippen molar-refractivity contribution in [1.29, 1.82) is 0 Å². The third kappa shape index (κ3) is 3.71. The topological polar surface area (TPSA) is 89.3 Å². The molecular formula is C18H20N4O3. The lowest BCUT2D eigenvalue weighted by Crippen LogP contribution is -2.31. The number of benzene rings is 1. The predicted octanol–water partition coefficient (Wildman–Crippen LogP) is 3.68. The summed E-state index contributed by atoms with van der Waals surface area (Å²) in [5.41, 5.74) is 2.93. The van der Waals surface area contributed by atoms with Crippen LogP contribution in [-0.4, -0.2) is 23.1 Å². The van der Waals surface area contributed by atoms with Crippen LogP contribution in [0.3, 0.4) is 0 Å². The van der Waals surface area contributed by atoms with Gasteiger partial charge < -0.3 is 19.8 Å². The van der Waals surface area contributed by atoms with Crippen LogP contribution in [-0.2, 0) is 6.42 Å². The number of carbonyl (C=O) groups is 1. The van der Waals surface area contributed by atoms with E-state index in [1.807, 2.05) is 19.9 Å². The second-order valence-electron chi connectivity index (χ2n) is 5.58. The maximum absolute atomic E-state index is 12.3. The Morgan fingerprint density at radius 2 is 2.20 bits per heavy atom. The first-order chi connectivity index (χ1) is 12.1. The molecule has 0 radical (unpaired) electrons. The summed E-state index contributed by atoms with van der Waals surface area (Å²) in [6, 6.07) is 6.63. The fourth-order valence-electron chi connectivity index (χ4n) is 2.56. The molecule has 2 aromatic heterocycles. The van der Waals surface area contributed by atoms with Crippen molar-refractivity contribution in [2.45, 2.75) is 26.3 Å². The minimum absolute atomic E-state index is 0.236. The summed E-state index contributed by atoms with van der Waals surface area (Å²) in [7, 11) is 1.57. The van der Waals surface area contributed by atoms with E-state index in [0.29, 0.717) is 22.9 Å². The van der Waals surface area contributed by atoms with Crippen molar-refractivity contribution in [2.75, 3.05) is 12.4 Å². The molecule has 0 fully saturated rings. The Bertz CT molecular complexity index is 891. The molecule has 7 heteroatoms. The third-order valence-electron chi connectivity index (χ3n) is 3.84. The molecule has 25 heavy (non-hydrogen) atoms. The number of aromatic nitrogens is 2. The standard InChI is InChI=1S/C18H20N4O3/c1-4-17-22-14-9-12(5-6-15(14)25-17)21-18(23)20-11(2)13-7-8-19-10-16(13)24-3/h5-11H,4H2,1-3H3,(H2,20,21,23)/t11-/m1/s1. The van der Waals surface area contributed by atoms with Gasteiger partial charge in [0.05, 0.1) is 19.3 Å². The molecular weight excluding hydrogens is 320 g/mol. The van der Waals surface area contributed by atoms with E-state index in [4.69, 9.17) is 9.15 Å². The van der Waals surface area contributed by atoms with Gasteiger partial charge in [0.1, 0.15) is 11.3 Å². The lowest BCUT2D eigenvalue weighted by molar-refractivity contribution is 0.249. The monoisotopic (exact) mass is 340 g/mol. The molecule has 0 spiro atoms. The number of methoxy groups -OCH3 is 1. The van der Waals surface area contributed by atoms with Gasteiger partial charge in [-0.05, 0) is 31.2 Å². The Morgan fingerprint density at radius 1 is 1.36 bits per heavy atom. The molecule has 2 amide bonds. The number of pyridine rings is 1. The van der Waals surface area contributed by atoms with Gasteiger partial charge in [0, 0.05) is 23.9 Å². The molecule has 0 saturated heterocycles. The first-order valence-corrected chi connectivity index (χ1v) is 8.05. The van der Waals surface area contributed by atoms with E-state index in [2.05, 4.69) is 20.6 Å². The van der Waals surface area contributed by atoms with Crippen molar-refractivity contribution >= 4 is 22.8 Å². The predicted molar refractivity (Wildman–Crippen MR) is 94.7 cm³/mol. The maximum atomic E-state index is 12.3. The molecule has 0 aliphatic heterocycles.